The van der Waals surface area contributed by atoms with Gasteiger partial charge >= 0.3 is 0 Å². The fourth-order valence-electron chi connectivity index (χ4n) is 2.97. The number of imidazole rings is 1. The molecule has 0 radical (unpaired) electrons. The summed E-state index contributed by atoms with van der Waals surface area (Å²) in [5, 5.41) is 0. The number of methoxy groups -OCH3 is 1. The van der Waals surface area contributed by atoms with Crippen molar-refractivity contribution >= 4 is 16.7 Å². The molecule has 0 saturated carbocycles. The highest BCUT2D eigenvalue weighted by molar-refractivity contribution is 5.84. The molecule has 22 heavy (non-hydrogen) atoms. The lowest BCUT2D eigenvalue weighted by molar-refractivity contribution is 0.412. The van der Waals surface area contributed by atoms with E-state index in [0.29, 0.717) is 0 Å². The molecule has 0 spiro atoms. The van der Waals surface area contributed by atoms with Gasteiger partial charge in [-0.1, -0.05) is 0 Å². The first kappa shape index (κ1) is 12.9. The number of aryl methyl sites for hydroxylation is 2. The summed E-state index contributed by atoms with van der Waals surface area (Å²) in [6.07, 6.45) is 3.77. The molecule has 0 aliphatic carbocycles. The van der Waals surface area contributed by atoms with Crippen molar-refractivity contribution in [1.29, 1.82) is 0 Å². The summed E-state index contributed by atoms with van der Waals surface area (Å²) in [7, 11) is 1.69. The molecule has 0 amide bonds. The van der Waals surface area contributed by atoms with Crippen molar-refractivity contribution in [2.45, 2.75) is 13.8 Å². The second-order valence-corrected chi connectivity index (χ2v) is 5.38. The average molecular weight is 292 g/mol. The van der Waals surface area contributed by atoms with E-state index >= 15 is 0 Å². The molecule has 0 fully saturated rings. The summed E-state index contributed by atoms with van der Waals surface area (Å²) in [6.45, 7) is 4.05. The summed E-state index contributed by atoms with van der Waals surface area (Å²) in [5.74, 6) is 1.83. The predicted molar refractivity (Wildman–Crippen MR) is 86.3 cm³/mol. The van der Waals surface area contributed by atoms with Gasteiger partial charge in [0.1, 0.15) is 11.6 Å². The third-order valence-electron chi connectivity index (χ3n) is 4.01. The van der Waals surface area contributed by atoms with Gasteiger partial charge in [-0.3, -0.25) is 4.40 Å². The Bertz CT molecular complexity index is 997. The first-order valence-corrected chi connectivity index (χ1v) is 7.15. The first-order chi connectivity index (χ1) is 10.7. The van der Waals surface area contributed by atoms with Crippen molar-refractivity contribution in [2.24, 2.45) is 0 Å². The largest absolute Gasteiger partial charge is 0.496 e. The molecule has 4 aromatic rings. The van der Waals surface area contributed by atoms with Crippen LogP contribution in [-0.4, -0.2) is 26.5 Å². The summed E-state index contributed by atoms with van der Waals surface area (Å²) >= 11 is 0. The van der Waals surface area contributed by atoms with Gasteiger partial charge in [-0.05, 0) is 43.7 Å². The molecule has 0 bridgehead atoms. The number of aromatic amines is 1. The summed E-state index contributed by atoms with van der Waals surface area (Å²) in [5.41, 5.74) is 6.02. The van der Waals surface area contributed by atoms with Crippen LogP contribution in [0.1, 0.15) is 11.4 Å². The standard InChI is InChI=1S/C17H16N4O/c1-10-8-12(4-5-15(10)22-3)16-14-9-19-17-13(6-7-18-17)21(14)11(2)20-16/h4-9,18H,1-3H3. The molecule has 5 nitrogen and oxygen atoms in total. The molecule has 1 N–H and O–H groups in total. The normalized spacial score (nSPS) is 11.4. The zero-order valence-electron chi connectivity index (χ0n) is 12.7. The highest BCUT2D eigenvalue weighted by atomic mass is 16.5. The molecule has 1 aromatic carbocycles. The van der Waals surface area contributed by atoms with Gasteiger partial charge in [-0.25, -0.2) is 9.97 Å². The zero-order chi connectivity index (χ0) is 15.3. The number of rotatable bonds is 2. The van der Waals surface area contributed by atoms with Gasteiger partial charge in [0.25, 0.3) is 0 Å². The van der Waals surface area contributed by atoms with Crippen LogP contribution in [0.5, 0.6) is 5.75 Å². The van der Waals surface area contributed by atoms with Gasteiger partial charge in [0.15, 0.2) is 5.65 Å². The number of aromatic nitrogens is 4. The number of fused-ring (bicyclic) bond motifs is 3. The maximum absolute atomic E-state index is 5.33. The fraction of sp³-hybridized carbons (Fsp3) is 0.176. The number of H-pyrrole nitrogens is 1. The van der Waals surface area contributed by atoms with Crippen LogP contribution in [0.25, 0.3) is 27.9 Å². The molecule has 3 heterocycles. The van der Waals surface area contributed by atoms with Gasteiger partial charge in [0, 0.05) is 11.8 Å². The SMILES string of the molecule is COc1ccc(-c2nc(C)n3c2cnc2[nH]ccc23)cc1C. The second kappa shape index (κ2) is 4.59. The molecular formula is C17H16N4O. The minimum absolute atomic E-state index is 0.866. The minimum Gasteiger partial charge on any atom is -0.496 e. The van der Waals surface area contributed by atoms with Gasteiger partial charge in [-0.15, -0.1) is 0 Å². The number of ether oxygens (including phenoxy) is 1. The monoisotopic (exact) mass is 292 g/mol. The highest BCUT2D eigenvalue weighted by Gasteiger charge is 2.14. The van der Waals surface area contributed by atoms with Crippen LogP contribution in [0, 0.1) is 13.8 Å². The minimum atomic E-state index is 0.866. The van der Waals surface area contributed by atoms with Gasteiger partial charge in [0.05, 0.1) is 30.0 Å². The molecule has 0 aliphatic rings. The predicted octanol–water partition coefficient (Wildman–Crippen LogP) is 3.50. The zero-order valence-corrected chi connectivity index (χ0v) is 12.7. The molecule has 0 aliphatic heterocycles. The quantitative estimate of drug-likeness (QED) is 0.615. The lowest BCUT2D eigenvalue weighted by Crippen LogP contribution is -1.91. The smallest absolute Gasteiger partial charge is 0.154 e. The molecule has 5 heteroatoms. The third kappa shape index (κ3) is 1.72. The molecule has 0 unspecified atom stereocenters. The van der Waals surface area contributed by atoms with E-state index in [2.05, 4.69) is 20.4 Å². The summed E-state index contributed by atoms with van der Waals surface area (Å²) < 4.78 is 7.47. The number of benzene rings is 1. The van der Waals surface area contributed by atoms with Crippen LogP contribution < -0.4 is 4.74 Å². The molecular weight excluding hydrogens is 276 g/mol. The van der Waals surface area contributed by atoms with Crippen LogP contribution in [-0.2, 0) is 0 Å². The third-order valence-corrected chi connectivity index (χ3v) is 4.01. The molecule has 0 atom stereocenters. The van der Waals surface area contributed by atoms with Crippen molar-refractivity contribution < 1.29 is 4.74 Å². The topological polar surface area (TPSA) is 55.2 Å². The Morgan fingerprint density at radius 2 is 2.00 bits per heavy atom. The van der Waals surface area contributed by atoms with Crippen molar-refractivity contribution in [3.05, 3.63) is 48.0 Å². The second-order valence-electron chi connectivity index (χ2n) is 5.38. The Labute approximate surface area is 127 Å². The van der Waals surface area contributed by atoms with Gasteiger partial charge in [-0.2, -0.15) is 0 Å². The van der Waals surface area contributed by atoms with Crippen LogP contribution in [0.4, 0.5) is 0 Å². The van der Waals surface area contributed by atoms with E-state index in [0.717, 1.165) is 45.1 Å². The molecule has 4 rings (SSSR count). The molecule has 0 saturated heterocycles. The molecule has 3 aromatic heterocycles. The van der Waals surface area contributed by atoms with E-state index in [1.807, 2.05) is 44.4 Å². The van der Waals surface area contributed by atoms with Crippen LogP contribution >= 0.6 is 0 Å². The van der Waals surface area contributed by atoms with E-state index < -0.39 is 0 Å². The molecule has 110 valence electrons. The van der Waals surface area contributed by atoms with Crippen molar-refractivity contribution in [3.8, 4) is 17.0 Å². The number of nitrogens with one attached hydrogen (secondary N) is 1. The summed E-state index contributed by atoms with van der Waals surface area (Å²) in [6, 6.07) is 8.14. The maximum atomic E-state index is 5.33. The van der Waals surface area contributed by atoms with E-state index in [1.54, 1.807) is 7.11 Å². The number of nitrogens with zero attached hydrogens (tertiary/aromatic N) is 3. The Morgan fingerprint density at radius 3 is 2.77 bits per heavy atom. The summed E-state index contributed by atoms with van der Waals surface area (Å²) in [4.78, 5) is 12.4. The Balaban J connectivity index is 2.01. The van der Waals surface area contributed by atoms with Gasteiger partial charge in [0.2, 0.25) is 0 Å². The van der Waals surface area contributed by atoms with E-state index in [4.69, 9.17) is 9.72 Å². The van der Waals surface area contributed by atoms with E-state index in [-0.39, 0.29) is 0 Å². The van der Waals surface area contributed by atoms with E-state index in [9.17, 15) is 0 Å². The number of hydrogen-bond donors (Lipinski definition) is 1. The van der Waals surface area contributed by atoms with Crippen LogP contribution in [0.15, 0.2) is 36.7 Å². The lowest BCUT2D eigenvalue weighted by atomic mass is 10.1. The van der Waals surface area contributed by atoms with Crippen molar-refractivity contribution in [3.63, 3.8) is 0 Å². The average Bonchev–Trinajstić information content (AvgIpc) is 3.11. The Hall–Kier alpha value is -2.82. The first-order valence-electron chi connectivity index (χ1n) is 7.15. The van der Waals surface area contributed by atoms with Crippen LogP contribution in [0.3, 0.4) is 0 Å². The highest BCUT2D eigenvalue weighted by Crippen LogP contribution is 2.30. The maximum Gasteiger partial charge on any atom is 0.154 e. The van der Waals surface area contributed by atoms with Crippen LogP contribution in [0.2, 0.25) is 0 Å². The van der Waals surface area contributed by atoms with Crippen molar-refractivity contribution in [1.82, 2.24) is 19.4 Å². The Morgan fingerprint density at radius 1 is 1.14 bits per heavy atom. The lowest BCUT2D eigenvalue weighted by Gasteiger charge is -2.06. The van der Waals surface area contributed by atoms with E-state index in [1.165, 1.54) is 0 Å². The van der Waals surface area contributed by atoms with Crippen molar-refractivity contribution in [2.75, 3.05) is 7.11 Å². The van der Waals surface area contributed by atoms with Gasteiger partial charge < -0.3 is 9.72 Å². The fourth-order valence-corrected chi connectivity index (χ4v) is 2.97. The number of hydrogen-bond acceptors (Lipinski definition) is 3. The Kier molecular flexibility index (Phi) is 2.69.